The van der Waals surface area contributed by atoms with Crippen molar-refractivity contribution in [3.63, 3.8) is 0 Å². The Morgan fingerprint density at radius 1 is 0.589 bits per heavy atom. The molecule has 0 amide bonds. The molecule has 0 aliphatic carbocycles. The summed E-state index contributed by atoms with van der Waals surface area (Å²) in [7, 11) is -0.931. The summed E-state index contributed by atoms with van der Waals surface area (Å²) in [5, 5.41) is 7.93. The monoisotopic (exact) mass is 754 g/mol. The second-order valence-corrected chi connectivity index (χ2v) is 19.0. The average molecular weight is 755 g/mol. The van der Waals surface area contributed by atoms with Gasteiger partial charge in [-0.2, -0.15) is 0 Å². The Bertz CT molecular complexity index is 3050. The zero-order chi connectivity index (χ0) is 37.2. The standard InChI is InChI=1S/C49H34N4OSSi/c1-52-41-23-10-9-22-40(41)51-49(52)33-15-14-16-34(31-33)54-35-26-29-45-43(32-35)53(46-25-12-13-30-50-46)42-28-27-39-38-21-8-11-24-44(38)55-47(39)48(42)56(45,36-17-4-2-5-18-36)37-19-6-3-7-20-37/h2-32H,1H3. The van der Waals surface area contributed by atoms with Gasteiger partial charge in [-0.1, -0.05) is 121 Å². The van der Waals surface area contributed by atoms with Crippen LogP contribution < -0.4 is 30.4 Å². The van der Waals surface area contributed by atoms with E-state index in [0.29, 0.717) is 0 Å². The van der Waals surface area contributed by atoms with Crippen LogP contribution in [0, 0.1) is 0 Å². The Kier molecular flexibility index (Phi) is 7.52. The first kappa shape index (κ1) is 32.6. The third-order valence-electron chi connectivity index (χ3n) is 11.2. The number of hydrogen-bond acceptors (Lipinski definition) is 5. The van der Waals surface area contributed by atoms with E-state index in [0.717, 1.165) is 51.1 Å². The molecule has 0 N–H and O–H groups in total. The van der Waals surface area contributed by atoms with Crippen LogP contribution >= 0.6 is 11.3 Å². The maximum Gasteiger partial charge on any atom is 0.185 e. The normalized spacial score (nSPS) is 13.2. The highest BCUT2D eigenvalue weighted by atomic mass is 32.1. The van der Waals surface area contributed by atoms with Crippen molar-refractivity contribution >= 4 is 88.6 Å². The van der Waals surface area contributed by atoms with Gasteiger partial charge in [0.25, 0.3) is 0 Å². The quantitative estimate of drug-likeness (QED) is 0.159. The molecule has 0 unspecified atom stereocenters. The smallest absolute Gasteiger partial charge is 0.185 e. The highest BCUT2D eigenvalue weighted by Crippen LogP contribution is 2.44. The molecule has 4 heterocycles. The van der Waals surface area contributed by atoms with E-state index in [-0.39, 0.29) is 0 Å². The van der Waals surface area contributed by atoms with Crippen molar-refractivity contribution in [1.82, 2.24) is 14.5 Å². The van der Waals surface area contributed by atoms with Gasteiger partial charge in [0.15, 0.2) is 8.07 Å². The highest BCUT2D eigenvalue weighted by molar-refractivity contribution is 7.31. The molecular weight excluding hydrogens is 721 g/mol. The molecule has 0 saturated heterocycles. The van der Waals surface area contributed by atoms with E-state index >= 15 is 0 Å². The number of aryl methyl sites for hydroxylation is 1. The summed E-state index contributed by atoms with van der Waals surface area (Å²) in [6, 6.07) is 65.2. The predicted octanol–water partition coefficient (Wildman–Crippen LogP) is 9.96. The lowest BCUT2D eigenvalue weighted by Crippen LogP contribution is -2.77. The van der Waals surface area contributed by atoms with Crippen molar-refractivity contribution in [1.29, 1.82) is 0 Å². The van der Waals surface area contributed by atoms with Crippen molar-refractivity contribution in [2.75, 3.05) is 4.90 Å². The largest absolute Gasteiger partial charge is 0.457 e. The van der Waals surface area contributed by atoms with Gasteiger partial charge >= 0.3 is 0 Å². The number of nitrogens with zero attached hydrogens (tertiary/aromatic N) is 4. The summed E-state index contributed by atoms with van der Waals surface area (Å²) < 4.78 is 11.6. The summed E-state index contributed by atoms with van der Waals surface area (Å²) >= 11 is 1.90. The van der Waals surface area contributed by atoms with Crippen molar-refractivity contribution in [3.05, 3.63) is 188 Å². The number of para-hydroxylation sites is 2. The lowest BCUT2D eigenvalue weighted by atomic mass is 10.1. The van der Waals surface area contributed by atoms with Crippen molar-refractivity contribution in [2.45, 2.75) is 0 Å². The first-order valence-corrected chi connectivity index (χ1v) is 21.6. The Hall–Kier alpha value is -6.80. The maximum atomic E-state index is 6.82. The summed E-state index contributed by atoms with van der Waals surface area (Å²) in [6.45, 7) is 0. The van der Waals surface area contributed by atoms with E-state index < -0.39 is 8.07 Å². The number of thiophene rings is 1. The number of rotatable bonds is 6. The van der Waals surface area contributed by atoms with E-state index in [1.807, 2.05) is 47.9 Å². The fourth-order valence-electron chi connectivity index (χ4n) is 8.78. The minimum Gasteiger partial charge on any atom is -0.457 e. The fourth-order valence-corrected chi connectivity index (χ4v) is 15.7. The molecule has 266 valence electrons. The molecule has 0 spiro atoms. The summed E-state index contributed by atoms with van der Waals surface area (Å²) in [5.74, 6) is 3.26. The van der Waals surface area contributed by atoms with Gasteiger partial charge in [-0.3, -0.25) is 4.90 Å². The Morgan fingerprint density at radius 3 is 2.11 bits per heavy atom. The molecule has 5 nitrogen and oxygen atoms in total. The number of ether oxygens (including phenoxy) is 1. The Balaban J connectivity index is 1.17. The van der Waals surface area contributed by atoms with E-state index in [1.54, 1.807) is 0 Å². The SMILES string of the molecule is Cn1c(-c2cccc(Oc3ccc4c(c3)N(c3ccccn3)c3ccc5c(sc6ccccc65)c3[Si]4(c3ccccc3)c3ccccc3)c2)nc2ccccc21. The van der Waals surface area contributed by atoms with Crippen LogP contribution in [0.2, 0.25) is 0 Å². The molecule has 1 aliphatic heterocycles. The summed E-state index contributed by atoms with van der Waals surface area (Å²) in [5.41, 5.74) is 5.28. The van der Waals surface area contributed by atoms with Crippen LogP contribution in [-0.4, -0.2) is 22.6 Å². The molecule has 0 atom stereocenters. The second kappa shape index (κ2) is 12.9. The molecule has 56 heavy (non-hydrogen) atoms. The van der Waals surface area contributed by atoms with Gasteiger partial charge in [0.1, 0.15) is 23.1 Å². The van der Waals surface area contributed by atoms with Gasteiger partial charge in [-0.25, -0.2) is 9.97 Å². The number of benzene rings is 7. The average Bonchev–Trinajstić information content (AvgIpc) is 3.81. The van der Waals surface area contributed by atoms with Crippen LogP contribution in [0.5, 0.6) is 11.5 Å². The third kappa shape index (κ3) is 4.91. The lowest BCUT2D eigenvalue weighted by molar-refractivity contribution is 0.483. The molecule has 3 aromatic heterocycles. The number of aromatic nitrogens is 3. The second-order valence-electron chi connectivity index (χ2n) is 14.2. The molecule has 11 rings (SSSR count). The number of hydrogen-bond donors (Lipinski definition) is 0. The van der Waals surface area contributed by atoms with Crippen LogP contribution in [0.25, 0.3) is 42.6 Å². The van der Waals surface area contributed by atoms with Crippen LogP contribution in [0.15, 0.2) is 188 Å². The molecule has 0 fully saturated rings. The first-order chi connectivity index (χ1) is 27.7. The number of imidazole rings is 1. The van der Waals surface area contributed by atoms with E-state index in [1.165, 1.54) is 40.9 Å². The molecule has 10 aromatic rings. The minimum atomic E-state index is -2.99. The van der Waals surface area contributed by atoms with Gasteiger partial charge in [-0.05, 0) is 75.3 Å². The van der Waals surface area contributed by atoms with Gasteiger partial charge < -0.3 is 9.30 Å². The lowest BCUT2D eigenvalue weighted by Gasteiger charge is -2.45. The van der Waals surface area contributed by atoms with E-state index in [2.05, 4.69) is 168 Å². The third-order valence-corrected chi connectivity index (χ3v) is 17.4. The van der Waals surface area contributed by atoms with Crippen LogP contribution in [0.4, 0.5) is 17.2 Å². The number of pyridine rings is 1. The van der Waals surface area contributed by atoms with Gasteiger partial charge in [0, 0.05) is 50.7 Å². The zero-order valence-corrected chi connectivity index (χ0v) is 32.3. The van der Waals surface area contributed by atoms with E-state index in [9.17, 15) is 0 Å². The van der Waals surface area contributed by atoms with Crippen LogP contribution in [-0.2, 0) is 7.05 Å². The zero-order valence-electron chi connectivity index (χ0n) is 30.5. The highest BCUT2D eigenvalue weighted by Gasteiger charge is 2.50. The van der Waals surface area contributed by atoms with Gasteiger partial charge in [0.2, 0.25) is 0 Å². The molecule has 7 aromatic carbocycles. The Morgan fingerprint density at radius 2 is 1.32 bits per heavy atom. The Labute approximate surface area is 329 Å². The van der Waals surface area contributed by atoms with Crippen molar-refractivity contribution in [2.24, 2.45) is 7.05 Å². The molecule has 0 saturated carbocycles. The fraction of sp³-hybridized carbons (Fsp3) is 0.0204. The minimum absolute atomic E-state index is 0.747. The maximum absolute atomic E-state index is 6.82. The van der Waals surface area contributed by atoms with Gasteiger partial charge in [-0.15, -0.1) is 11.3 Å². The molecule has 1 aliphatic rings. The number of anilines is 3. The van der Waals surface area contributed by atoms with Gasteiger partial charge in [0.05, 0.1) is 16.7 Å². The van der Waals surface area contributed by atoms with Crippen LogP contribution in [0.3, 0.4) is 0 Å². The number of fused-ring (bicyclic) bond motifs is 7. The first-order valence-electron chi connectivity index (χ1n) is 18.8. The molecule has 0 bridgehead atoms. The van der Waals surface area contributed by atoms with E-state index in [4.69, 9.17) is 14.7 Å². The molecular formula is C49H34N4OSSi. The molecule has 0 radical (unpaired) electrons. The van der Waals surface area contributed by atoms with Crippen LogP contribution in [0.1, 0.15) is 0 Å². The van der Waals surface area contributed by atoms with Crippen molar-refractivity contribution in [3.8, 4) is 22.9 Å². The summed E-state index contributed by atoms with van der Waals surface area (Å²) in [6.07, 6.45) is 1.88. The van der Waals surface area contributed by atoms with Crippen molar-refractivity contribution < 1.29 is 4.74 Å². The predicted molar refractivity (Wildman–Crippen MR) is 235 cm³/mol. The topological polar surface area (TPSA) is 43.2 Å². The molecule has 7 heteroatoms. The summed E-state index contributed by atoms with van der Waals surface area (Å²) in [4.78, 5) is 12.3.